The van der Waals surface area contributed by atoms with Gasteiger partial charge in [0, 0.05) is 12.8 Å². The lowest BCUT2D eigenvalue weighted by atomic mass is 10.1. The largest absolute Gasteiger partial charge is 1.00 e. The van der Waals surface area contributed by atoms with Gasteiger partial charge in [-0.25, -0.2) is 0 Å². The van der Waals surface area contributed by atoms with Gasteiger partial charge in [0.15, 0.2) is 0 Å². The highest BCUT2D eigenvalue weighted by atomic mass is 127. The summed E-state index contributed by atoms with van der Waals surface area (Å²) in [5.41, 5.74) is 0. The van der Waals surface area contributed by atoms with E-state index in [9.17, 15) is 9.59 Å². The predicted octanol–water partition coefficient (Wildman–Crippen LogP) is -3.39. The van der Waals surface area contributed by atoms with Crippen LogP contribution in [0.25, 0.3) is 0 Å². The first kappa shape index (κ1) is 33.0. The van der Waals surface area contributed by atoms with Crippen LogP contribution in [-0.2, 0) is 19.1 Å². The van der Waals surface area contributed by atoms with Crippen molar-refractivity contribution in [2.45, 2.75) is 51.4 Å². The Morgan fingerprint density at radius 3 is 1.14 bits per heavy atom. The molecule has 0 N–H and O–H groups in total. The molecule has 0 bridgehead atoms. The zero-order valence-corrected chi connectivity index (χ0v) is 23.1. The van der Waals surface area contributed by atoms with Crippen LogP contribution in [0.15, 0.2) is 0 Å². The number of likely N-dealkylation sites (N-methyl/N-ethyl adjacent to an activating group) is 2. The molecule has 8 heteroatoms. The van der Waals surface area contributed by atoms with Crippen LogP contribution < -0.4 is 48.0 Å². The van der Waals surface area contributed by atoms with Crippen molar-refractivity contribution < 1.29 is 76.0 Å². The van der Waals surface area contributed by atoms with E-state index in [2.05, 4.69) is 42.3 Å². The van der Waals surface area contributed by atoms with Crippen molar-refractivity contribution in [2.24, 2.45) is 0 Å². The molecule has 6 nitrogen and oxygen atoms in total. The van der Waals surface area contributed by atoms with Gasteiger partial charge in [-0.15, -0.1) is 0 Å². The number of hydrogen-bond acceptors (Lipinski definition) is 4. The minimum absolute atomic E-state index is 0. The molecule has 28 heavy (non-hydrogen) atoms. The predicted molar refractivity (Wildman–Crippen MR) is 105 cm³/mol. The van der Waals surface area contributed by atoms with E-state index in [1.807, 2.05) is 0 Å². The highest BCUT2D eigenvalue weighted by Gasteiger charge is 2.10. The van der Waals surface area contributed by atoms with Crippen molar-refractivity contribution in [1.82, 2.24) is 0 Å². The lowest BCUT2D eigenvalue weighted by molar-refractivity contribution is -0.870. The molecule has 0 aliphatic carbocycles. The van der Waals surface area contributed by atoms with E-state index < -0.39 is 0 Å². The number of carbonyl (C=O) groups excluding carboxylic acids is 2. The van der Waals surface area contributed by atoms with Gasteiger partial charge in [-0.3, -0.25) is 9.59 Å². The molecule has 0 amide bonds. The smallest absolute Gasteiger partial charge is 0.305 e. The molecule has 0 saturated carbocycles. The van der Waals surface area contributed by atoms with E-state index in [1.165, 1.54) is 0 Å². The third kappa shape index (κ3) is 26.3. The number of carbonyl (C=O) groups is 2. The first-order valence-electron chi connectivity index (χ1n) is 9.92. The molecule has 0 unspecified atom stereocenters. The molecule has 0 rings (SSSR count). The van der Waals surface area contributed by atoms with Crippen LogP contribution in [0.5, 0.6) is 0 Å². The molecule has 0 radical (unpaired) electrons. The summed E-state index contributed by atoms with van der Waals surface area (Å²) >= 11 is 0. The molecule has 170 valence electrons. The Labute approximate surface area is 206 Å². The Hall–Kier alpha value is 0.320. The van der Waals surface area contributed by atoms with E-state index in [0.717, 1.165) is 60.6 Å². The minimum atomic E-state index is -0.0879. The fraction of sp³-hybridized carbons (Fsp3) is 0.900. The summed E-state index contributed by atoms with van der Waals surface area (Å²) in [4.78, 5) is 23.2. The molecule has 0 aromatic rings. The Bertz CT molecular complexity index is 370. The lowest BCUT2D eigenvalue weighted by Gasteiger charge is -2.23. The number of esters is 2. The normalized spacial score (nSPS) is 11.2. The number of unbranched alkanes of at least 4 members (excludes halogenated alkanes) is 5. The van der Waals surface area contributed by atoms with Crippen LogP contribution in [-0.4, -0.2) is 89.5 Å². The average Bonchev–Trinajstić information content (AvgIpc) is 2.47. The number of nitrogens with zero attached hydrogens (tertiary/aromatic N) is 2. The fourth-order valence-electron chi connectivity index (χ4n) is 2.26. The Balaban J connectivity index is -0.00000312. The van der Waals surface area contributed by atoms with Crippen molar-refractivity contribution in [2.75, 3.05) is 68.6 Å². The van der Waals surface area contributed by atoms with Gasteiger partial charge < -0.3 is 66.4 Å². The second-order valence-corrected chi connectivity index (χ2v) is 9.09. The van der Waals surface area contributed by atoms with E-state index >= 15 is 0 Å². The minimum Gasteiger partial charge on any atom is -1.00 e. The third-order valence-corrected chi connectivity index (χ3v) is 4.06. The molecule has 0 aromatic heterocycles. The highest BCUT2D eigenvalue weighted by Crippen LogP contribution is 2.09. The summed E-state index contributed by atoms with van der Waals surface area (Å²) < 4.78 is 12.1. The Kier molecular flexibility index (Phi) is 21.3. The maximum Gasteiger partial charge on any atom is 0.305 e. The summed E-state index contributed by atoms with van der Waals surface area (Å²) in [6.07, 6.45) is 7.07. The lowest BCUT2D eigenvalue weighted by Crippen LogP contribution is -3.00. The molecule has 0 aliphatic heterocycles. The van der Waals surface area contributed by atoms with E-state index in [0.29, 0.717) is 26.1 Å². The fourth-order valence-corrected chi connectivity index (χ4v) is 2.26. The number of ether oxygens (including phenoxy) is 2. The highest BCUT2D eigenvalue weighted by molar-refractivity contribution is 5.69. The van der Waals surface area contributed by atoms with Crippen LogP contribution in [0.4, 0.5) is 0 Å². The number of rotatable bonds is 15. The Morgan fingerprint density at radius 1 is 0.571 bits per heavy atom. The van der Waals surface area contributed by atoms with Gasteiger partial charge >= 0.3 is 11.9 Å². The monoisotopic (exact) mass is 628 g/mol. The van der Waals surface area contributed by atoms with Gasteiger partial charge in [0.1, 0.15) is 26.3 Å². The van der Waals surface area contributed by atoms with Crippen molar-refractivity contribution in [3.63, 3.8) is 0 Å². The molecule has 0 heterocycles. The van der Waals surface area contributed by atoms with Crippen molar-refractivity contribution in [3.8, 4) is 0 Å². The second kappa shape index (κ2) is 18.1. The van der Waals surface area contributed by atoms with Crippen LogP contribution in [0, 0.1) is 0 Å². The maximum atomic E-state index is 11.6. The third-order valence-electron chi connectivity index (χ3n) is 4.06. The van der Waals surface area contributed by atoms with E-state index in [4.69, 9.17) is 9.47 Å². The van der Waals surface area contributed by atoms with Crippen LogP contribution in [0.2, 0.25) is 0 Å². The zero-order chi connectivity index (χ0) is 20.1. The summed E-state index contributed by atoms with van der Waals surface area (Å²) in [6, 6.07) is 0. The SMILES string of the molecule is C[N+](C)(C)CCOC(=O)CCCCCCCCC(=O)OCC[N+](C)(C)C.[I-].[I-]. The summed E-state index contributed by atoms with van der Waals surface area (Å²) in [5.74, 6) is -0.176. The first-order chi connectivity index (χ1) is 12.0. The summed E-state index contributed by atoms with van der Waals surface area (Å²) in [6.45, 7) is 2.66. The number of quaternary nitrogens is 2. The van der Waals surface area contributed by atoms with Gasteiger partial charge in [0.05, 0.1) is 42.3 Å². The standard InChI is InChI=1S/C20H42N2O4.2HI/c1-21(2,3)15-17-25-19(23)13-11-9-7-8-10-12-14-20(24)26-18-16-22(4,5)6;;/h7-18H2,1-6H3;2*1H/q+2;;/p-2. The quantitative estimate of drug-likeness (QED) is 0.0823. The van der Waals surface area contributed by atoms with Gasteiger partial charge in [-0.2, -0.15) is 0 Å². The first-order valence-corrected chi connectivity index (χ1v) is 9.92. The summed E-state index contributed by atoms with van der Waals surface area (Å²) in [7, 11) is 12.5. The van der Waals surface area contributed by atoms with Crippen molar-refractivity contribution in [3.05, 3.63) is 0 Å². The molecular weight excluding hydrogens is 586 g/mol. The van der Waals surface area contributed by atoms with Gasteiger partial charge in [0.25, 0.3) is 0 Å². The molecule has 0 saturated heterocycles. The topological polar surface area (TPSA) is 52.6 Å². The molecule has 0 spiro atoms. The number of halogens is 2. The summed E-state index contributed by atoms with van der Waals surface area (Å²) in [5, 5.41) is 0. The zero-order valence-electron chi connectivity index (χ0n) is 18.8. The molecular formula is C20H42I2N2O4. The van der Waals surface area contributed by atoms with Crippen molar-refractivity contribution in [1.29, 1.82) is 0 Å². The van der Waals surface area contributed by atoms with E-state index in [-0.39, 0.29) is 59.9 Å². The number of hydrogen-bond donors (Lipinski definition) is 0. The second-order valence-electron chi connectivity index (χ2n) is 9.09. The molecule has 0 atom stereocenters. The maximum absolute atomic E-state index is 11.6. The van der Waals surface area contributed by atoms with Crippen LogP contribution in [0.1, 0.15) is 51.4 Å². The van der Waals surface area contributed by atoms with E-state index in [1.54, 1.807) is 0 Å². The van der Waals surface area contributed by atoms with Gasteiger partial charge in [0.2, 0.25) is 0 Å². The van der Waals surface area contributed by atoms with Crippen molar-refractivity contribution >= 4 is 11.9 Å². The Morgan fingerprint density at radius 2 is 0.857 bits per heavy atom. The van der Waals surface area contributed by atoms with Crippen LogP contribution >= 0.6 is 0 Å². The average molecular weight is 628 g/mol. The van der Waals surface area contributed by atoms with Gasteiger partial charge in [-0.05, 0) is 12.8 Å². The van der Waals surface area contributed by atoms with Gasteiger partial charge in [-0.1, -0.05) is 25.7 Å². The molecule has 0 aliphatic rings. The molecule has 0 fully saturated rings. The van der Waals surface area contributed by atoms with Crippen LogP contribution in [0.3, 0.4) is 0 Å². The molecule has 0 aromatic carbocycles.